The van der Waals surface area contributed by atoms with Gasteiger partial charge in [0.1, 0.15) is 0 Å². The van der Waals surface area contributed by atoms with Crippen molar-refractivity contribution < 1.29 is 19.1 Å². The van der Waals surface area contributed by atoms with E-state index in [-0.39, 0.29) is 23.6 Å². The van der Waals surface area contributed by atoms with Gasteiger partial charge in [0.15, 0.2) is 5.82 Å². The van der Waals surface area contributed by atoms with Crippen LogP contribution in [0.15, 0.2) is 41.4 Å². The van der Waals surface area contributed by atoms with Gasteiger partial charge in [0.25, 0.3) is 0 Å². The van der Waals surface area contributed by atoms with Gasteiger partial charge in [-0.25, -0.2) is 9.18 Å². The van der Waals surface area contributed by atoms with Gasteiger partial charge in [0, 0.05) is 17.6 Å². The Kier molecular flexibility index (Phi) is 5.34. The van der Waals surface area contributed by atoms with E-state index >= 15 is 4.39 Å². The number of aliphatic imine (C=N–C) groups is 1. The molecule has 0 saturated carbocycles. The lowest BCUT2D eigenvalue weighted by atomic mass is 9.86. The van der Waals surface area contributed by atoms with Gasteiger partial charge >= 0.3 is 6.09 Å². The van der Waals surface area contributed by atoms with Crippen LogP contribution in [-0.4, -0.2) is 35.0 Å². The van der Waals surface area contributed by atoms with Crippen LogP contribution in [-0.2, 0) is 10.3 Å². The molecule has 0 unspecified atom stereocenters. The third kappa shape index (κ3) is 4.09. The molecule has 0 aliphatic carbocycles. The van der Waals surface area contributed by atoms with E-state index in [0.29, 0.717) is 16.4 Å². The Morgan fingerprint density at radius 3 is 2.79 bits per heavy atom. The molecule has 2 aromatic rings. The van der Waals surface area contributed by atoms with Crippen LogP contribution in [0.5, 0.6) is 0 Å². The van der Waals surface area contributed by atoms with Gasteiger partial charge in [-0.05, 0) is 31.2 Å². The second-order valence-corrected chi connectivity index (χ2v) is 7.26. The fourth-order valence-corrected chi connectivity index (χ4v) is 3.28. The maximum atomic E-state index is 15.4. The average molecular weight is 420 g/mol. The maximum absolute atomic E-state index is 15.4. The third-order valence-electron chi connectivity index (χ3n) is 4.66. The van der Waals surface area contributed by atoms with Crippen molar-refractivity contribution in [3.63, 3.8) is 0 Å². The summed E-state index contributed by atoms with van der Waals surface area (Å²) in [5.74, 6) is -1.19. The van der Waals surface area contributed by atoms with Crippen LogP contribution < -0.4 is 16.4 Å². The van der Waals surface area contributed by atoms with Crippen molar-refractivity contribution in [2.45, 2.75) is 18.9 Å². The van der Waals surface area contributed by atoms with Gasteiger partial charge in [-0.2, -0.15) is 0 Å². The number of carbonyl (C=O) groups excluding carboxylic acids is 1. The standard InChI is InChI=1S/C19H19ClFN5O3/c1-19(9-15(27)26(2)17(25-19)24-18(28)29)11-4-3-5-13(16(11)21)23-14-8-10(20)6-7-12(14)22/h3-8,23H,9,22H2,1-2H3,(H,24,25)(H,28,29)/t19-/m0/s1. The van der Waals surface area contributed by atoms with Crippen molar-refractivity contribution in [1.82, 2.24) is 10.2 Å². The van der Waals surface area contributed by atoms with Crippen LogP contribution >= 0.6 is 11.6 Å². The summed E-state index contributed by atoms with van der Waals surface area (Å²) in [6, 6.07) is 9.44. The summed E-state index contributed by atoms with van der Waals surface area (Å²) < 4.78 is 15.4. The molecule has 1 aliphatic heterocycles. The Morgan fingerprint density at radius 2 is 2.10 bits per heavy atom. The molecular weight excluding hydrogens is 401 g/mol. The van der Waals surface area contributed by atoms with Crippen LogP contribution in [0, 0.1) is 5.82 Å². The van der Waals surface area contributed by atoms with Crippen LogP contribution in [0.1, 0.15) is 18.9 Å². The predicted molar refractivity (Wildman–Crippen MR) is 109 cm³/mol. The Balaban J connectivity index is 2.01. The zero-order chi connectivity index (χ0) is 21.3. The summed E-state index contributed by atoms with van der Waals surface area (Å²) in [4.78, 5) is 27.8. The zero-order valence-corrected chi connectivity index (χ0v) is 16.4. The molecule has 29 heavy (non-hydrogen) atoms. The number of guanidine groups is 1. The zero-order valence-electron chi connectivity index (χ0n) is 15.7. The Labute approximate surface area is 171 Å². The molecule has 152 valence electrons. The number of nitrogens with one attached hydrogen (secondary N) is 2. The summed E-state index contributed by atoms with van der Waals surface area (Å²) in [6.07, 6.45) is -1.56. The van der Waals surface area contributed by atoms with Crippen molar-refractivity contribution in [2.75, 3.05) is 18.1 Å². The van der Waals surface area contributed by atoms with E-state index < -0.39 is 23.4 Å². The van der Waals surface area contributed by atoms with Crippen molar-refractivity contribution in [3.8, 4) is 0 Å². The molecule has 1 saturated heterocycles. The molecule has 0 aromatic heterocycles. The van der Waals surface area contributed by atoms with Gasteiger partial charge in [-0.15, -0.1) is 4.99 Å². The minimum atomic E-state index is -1.47. The van der Waals surface area contributed by atoms with Gasteiger partial charge in [-0.1, -0.05) is 23.7 Å². The van der Waals surface area contributed by atoms with Gasteiger partial charge in [0.2, 0.25) is 11.9 Å². The number of rotatable bonds is 3. The maximum Gasteiger partial charge on any atom is 0.434 e. The molecule has 2 amide bonds. The molecule has 1 aliphatic rings. The van der Waals surface area contributed by atoms with Gasteiger partial charge in [0.05, 0.1) is 29.0 Å². The Bertz CT molecular complexity index is 1030. The van der Waals surface area contributed by atoms with Gasteiger partial charge < -0.3 is 21.5 Å². The number of hydrogen-bond acceptors (Lipinski definition) is 4. The molecule has 3 rings (SSSR count). The molecule has 0 spiro atoms. The molecule has 10 heteroatoms. The SMILES string of the molecule is CN1C(=O)C[C@@](C)(c2cccc(Nc3cc(Cl)ccc3N)c2F)N/C1=N\C(=O)O. The first-order chi connectivity index (χ1) is 13.6. The quantitative estimate of drug-likeness (QED) is 0.565. The van der Waals surface area contributed by atoms with Crippen molar-refractivity contribution in [1.29, 1.82) is 0 Å². The summed E-state index contributed by atoms with van der Waals surface area (Å²) in [6.45, 7) is 1.60. The van der Waals surface area contributed by atoms with Crippen molar-refractivity contribution in [2.24, 2.45) is 4.99 Å². The van der Waals surface area contributed by atoms with E-state index in [1.165, 1.54) is 19.2 Å². The smallest absolute Gasteiger partial charge is 0.434 e. The van der Waals surface area contributed by atoms with Crippen LogP contribution in [0.4, 0.5) is 26.2 Å². The fourth-order valence-electron chi connectivity index (χ4n) is 3.11. The predicted octanol–water partition coefficient (Wildman–Crippen LogP) is 3.51. The molecule has 0 radical (unpaired) electrons. The number of nitrogens with zero attached hydrogens (tertiary/aromatic N) is 2. The molecule has 1 heterocycles. The summed E-state index contributed by atoms with van der Waals surface area (Å²) in [7, 11) is 1.40. The monoisotopic (exact) mass is 419 g/mol. The number of nitrogens with two attached hydrogens (primary N) is 1. The Hall–Kier alpha value is -3.33. The van der Waals surface area contributed by atoms with Crippen molar-refractivity contribution in [3.05, 3.63) is 52.8 Å². The summed E-state index contributed by atoms with van der Waals surface area (Å²) >= 11 is 5.98. The number of halogens is 2. The average Bonchev–Trinajstić information content (AvgIpc) is 2.63. The highest BCUT2D eigenvalue weighted by atomic mass is 35.5. The van der Waals surface area contributed by atoms with Crippen LogP contribution in [0.2, 0.25) is 5.02 Å². The second kappa shape index (κ2) is 7.59. The number of carboxylic acid groups (broad SMARTS) is 1. The lowest BCUT2D eigenvalue weighted by Gasteiger charge is -2.40. The molecule has 8 nitrogen and oxygen atoms in total. The minimum Gasteiger partial charge on any atom is -0.463 e. The largest absolute Gasteiger partial charge is 0.463 e. The normalized spacial score (nSPS) is 20.5. The molecule has 0 bridgehead atoms. The topological polar surface area (TPSA) is 120 Å². The second-order valence-electron chi connectivity index (χ2n) is 6.83. The van der Waals surface area contributed by atoms with Crippen LogP contribution in [0.25, 0.3) is 0 Å². The first-order valence-corrected chi connectivity index (χ1v) is 8.96. The Morgan fingerprint density at radius 1 is 1.38 bits per heavy atom. The van der Waals surface area contributed by atoms with E-state index in [4.69, 9.17) is 22.4 Å². The number of nitrogen functional groups attached to an aromatic ring is 1. The summed E-state index contributed by atoms with van der Waals surface area (Å²) in [5.41, 5.74) is 5.82. The molecule has 2 aromatic carbocycles. The number of amides is 2. The molecular formula is C19H19ClFN5O3. The van der Waals surface area contributed by atoms with E-state index in [2.05, 4.69) is 15.6 Å². The highest BCUT2D eigenvalue weighted by Gasteiger charge is 2.40. The number of anilines is 3. The summed E-state index contributed by atoms with van der Waals surface area (Å²) in [5, 5.41) is 15.2. The van der Waals surface area contributed by atoms with Crippen LogP contribution in [0.3, 0.4) is 0 Å². The highest BCUT2D eigenvalue weighted by Crippen LogP contribution is 2.35. The highest BCUT2D eigenvalue weighted by molar-refractivity contribution is 6.31. The third-order valence-corrected chi connectivity index (χ3v) is 4.90. The van der Waals surface area contributed by atoms with E-state index in [0.717, 1.165) is 4.90 Å². The first-order valence-electron chi connectivity index (χ1n) is 8.58. The van der Waals surface area contributed by atoms with E-state index in [1.807, 2.05) is 0 Å². The first kappa shape index (κ1) is 20.4. The van der Waals surface area contributed by atoms with E-state index in [9.17, 15) is 9.59 Å². The number of carbonyl (C=O) groups is 2. The molecule has 1 fully saturated rings. The van der Waals surface area contributed by atoms with Crippen molar-refractivity contribution >= 4 is 46.6 Å². The lowest BCUT2D eigenvalue weighted by molar-refractivity contribution is -0.129. The molecule has 1 atom stereocenters. The number of hydrogen-bond donors (Lipinski definition) is 4. The molecule has 5 N–H and O–H groups in total. The minimum absolute atomic E-state index is 0.0954. The lowest BCUT2D eigenvalue weighted by Crippen LogP contribution is -2.59. The van der Waals surface area contributed by atoms with E-state index in [1.54, 1.807) is 31.2 Å². The number of benzene rings is 2. The van der Waals surface area contributed by atoms with Gasteiger partial charge in [-0.3, -0.25) is 9.69 Å². The fraction of sp³-hybridized carbons (Fsp3) is 0.211.